The first-order valence-corrected chi connectivity index (χ1v) is 6.19. The summed E-state index contributed by atoms with van der Waals surface area (Å²) in [7, 11) is 0. The first-order chi connectivity index (χ1) is 7.68. The molecule has 0 unspecified atom stereocenters. The molecule has 94 valence electrons. The summed E-state index contributed by atoms with van der Waals surface area (Å²) < 4.78 is 0. The maximum atomic E-state index is 10.4. The van der Waals surface area contributed by atoms with Gasteiger partial charge in [-0.2, -0.15) is 5.10 Å². The van der Waals surface area contributed by atoms with Crippen molar-refractivity contribution in [2.75, 3.05) is 6.54 Å². The van der Waals surface area contributed by atoms with Crippen molar-refractivity contribution < 1.29 is 9.90 Å². The summed E-state index contributed by atoms with van der Waals surface area (Å²) in [6.45, 7) is 4.46. The van der Waals surface area contributed by atoms with Crippen LogP contribution in [0.2, 0.25) is 0 Å². The molecule has 16 heavy (non-hydrogen) atoms. The van der Waals surface area contributed by atoms with E-state index in [0.29, 0.717) is 0 Å². The molecule has 0 rings (SSSR count). The molecule has 0 spiro atoms. The zero-order chi connectivity index (χ0) is 12.2. The highest BCUT2D eigenvalue weighted by molar-refractivity contribution is 6.34. The van der Waals surface area contributed by atoms with Gasteiger partial charge >= 0.3 is 5.97 Å². The third-order valence-electron chi connectivity index (χ3n) is 2.45. The predicted molar refractivity (Wildman–Crippen MR) is 66.7 cm³/mol. The number of hydrogen-bond donors (Lipinski definition) is 2. The van der Waals surface area contributed by atoms with Crippen molar-refractivity contribution in [1.29, 1.82) is 0 Å². The van der Waals surface area contributed by atoms with E-state index in [1.165, 1.54) is 45.4 Å². The monoisotopic (exact) mass is 228 g/mol. The number of carboxylic acids is 1. The smallest absolute Gasteiger partial charge is 0.351 e. The molecule has 0 aromatic heterocycles. The number of aliphatic carboxylic acids is 1. The van der Waals surface area contributed by atoms with Gasteiger partial charge in [-0.1, -0.05) is 45.4 Å². The third kappa shape index (κ3) is 9.49. The predicted octanol–water partition coefficient (Wildman–Crippen LogP) is 2.79. The minimum absolute atomic E-state index is 0.114. The second-order valence-corrected chi connectivity index (χ2v) is 4.03. The highest BCUT2D eigenvalue weighted by Gasteiger charge is 1.99. The SMILES string of the molecule is CCCCCCCCCNN=C(C)C(=O)O. The van der Waals surface area contributed by atoms with Gasteiger partial charge in [-0.25, -0.2) is 4.79 Å². The second kappa shape index (κ2) is 10.5. The Balaban J connectivity index is 3.21. The van der Waals surface area contributed by atoms with Gasteiger partial charge in [0.15, 0.2) is 0 Å². The topological polar surface area (TPSA) is 61.7 Å². The van der Waals surface area contributed by atoms with Gasteiger partial charge in [-0.15, -0.1) is 0 Å². The molecule has 0 aliphatic heterocycles. The molecule has 0 aromatic rings. The van der Waals surface area contributed by atoms with Crippen molar-refractivity contribution in [3.05, 3.63) is 0 Å². The van der Waals surface area contributed by atoms with Crippen LogP contribution in [0.3, 0.4) is 0 Å². The third-order valence-corrected chi connectivity index (χ3v) is 2.45. The fourth-order valence-corrected chi connectivity index (χ4v) is 1.38. The lowest BCUT2D eigenvalue weighted by Gasteiger charge is -2.02. The Morgan fingerprint density at radius 3 is 2.25 bits per heavy atom. The Bertz CT molecular complexity index is 215. The Kier molecular flexibility index (Phi) is 9.76. The molecule has 0 saturated carbocycles. The van der Waals surface area contributed by atoms with E-state index in [0.717, 1.165) is 13.0 Å². The summed E-state index contributed by atoms with van der Waals surface area (Å²) in [6, 6.07) is 0. The van der Waals surface area contributed by atoms with E-state index in [9.17, 15) is 4.79 Å². The van der Waals surface area contributed by atoms with E-state index in [-0.39, 0.29) is 5.71 Å². The summed E-state index contributed by atoms with van der Waals surface area (Å²) in [5, 5.41) is 12.3. The van der Waals surface area contributed by atoms with Crippen molar-refractivity contribution in [3.8, 4) is 0 Å². The Hall–Kier alpha value is -1.06. The van der Waals surface area contributed by atoms with E-state index in [4.69, 9.17) is 5.11 Å². The van der Waals surface area contributed by atoms with Crippen molar-refractivity contribution in [1.82, 2.24) is 5.43 Å². The average molecular weight is 228 g/mol. The van der Waals surface area contributed by atoms with Gasteiger partial charge in [0, 0.05) is 6.54 Å². The maximum absolute atomic E-state index is 10.4. The standard InChI is InChI=1S/C12H24N2O2/c1-3-4-5-6-7-8-9-10-13-14-11(2)12(15)16/h13H,3-10H2,1-2H3,(H,15,16). The number of hydrogen-bond acceptors (Lipinski definition) is 3. The van der Waals surface area contributed by atoms with Crippen LogP contribution in [0, 0.1) is 0 Å². The minimum atomic E-state index is -0.966. The number of nitrogens with zero attached hydrogens (tertiary/aromatic N) is 1. The van der Waals surface area contributed by atoms with Crippen LogP contribution in [0.1, 0.15) is 58.8 Å². The fourth-order valence-electron chi connectivity index (χ4n) is 1.38. The lowest BCUT2D eigenvalue weighted by atomic mass is 10.1. The maximum Gasteiger partial charge on any atom is 0.351 e. The van der Waals surface area contributed by atoms with Crippen molar-refractivity contribution >= 4 is 11.7 Å². The lowest BCUT2D eigenvalue weighted by Crippen LogP contribution is -2.16. The molecule has 0 radical (unpaired) electrons. The van der Waals surface area contributed by atoms with Gasteiger partial charge in [0.2, 0.25) is 0 Å². The van der Waals surface area contributed by atoms with E-state index < -0.39 is 5.97 Å². The van der Waals surface area contributed by atoms with Crippen LogP contribution in [0.4, 0.5) is 0 Å². The number of nitrogens with one attached hydrogen (secondary N) is 1. The number of carboxylic acid groups (broad SMARTS) is 1. The number of carbonyl (C=O) groups is 1. The largest absolute Gasteiger partial charge is 0.477 e. The molecular formula is C12H24N2O2. The molecule has 0 bridgehead atoms. The molecule has 0 saturated heterocycles. The van der Waals surface area contributed by atoms with Crippen LogP contribution in [0.5, 0.6) is 0 Å². The van der Waals surface area contributed by atoms with Gasteiger partial charge in [0.25, 0.3) is 0 Å². The lowest BCUT2D eigenvalue weighted by molar-refractivity contribution is -0.129. The van der Waals surface area contributed by atoms with Gasteiger partial charge in [0.1, 0.15) is 5.71 Å². The molecule has 4 nitrogen and oxygen atoms in total. The van der Waals surface area contributed by atoms with Gasteiger partial charge in [-0.05, 0) is 13.3 Å². The van der Waals surface area contributed by atoms with E-state index in [1.807, 2.05) is 0 Å². The van der Waals surface area contributed by atoms with Crippen LogP contribution >= 0.6 is 0 Å². The molecule has 0 aliphatic carbocycles. The summed E-state index contributed by atoms with van der Waals surface area (Å²) in [4.78, 5) is 10.4. The highest BCUT2D eigenvalue weighted by atomic mass is 16.4. The van der Waals surface area contributed by atoms with E-state index in [2.05, 4.69) is 17.5 Å². The molecule has 0 atom stereocenters. The first-order valence-electron chi connectivity index (χ1n) is 6.19. The summed E-state index contributed by atoms with van der Waals surface area (Å²) >= 11 is 0. The molecule has 0 fully saturated rings. The van der Waals surface area contributed by atoms with Crippen LogP contribution in [-0.4, -0.2) is 23.3 Å². The molecule has 0 amide bonds. The normalized spacial score (nSPS) is 11.5. The van der Waals surface area contributed by atoms with Crippen molar-refractivity contribution in [2.45, 2.75) is 58.8 Å². The van der Waals surface area contributed by atoms with E-state index >= 15 is 0 Å². The Morgan fingerprint density at radius 2 is 1.69 bits per heavy atom. The van der Waals surface area contributed by atoms with Crippen molar-refractivity contribution in [2.24, 2.45) is 5.10 Å². The van der Waals surface area contributed by atoms with Crippen LogP contribution in [-0.2, 0) is 4.79 Å². The molecule has 0 heterocycles. The number of rotatable bonds is 10. The van der Waals surface area contributed by atoms with Crippen molar-refractivity contribution in [3.63, 3.8) is 0 Å². The quantitative estimate of drug-likeness (QED) is 0.343. The minimum Gasteiger partial charge on any atom is -0.477 e. The van der Waals surface area contributed by atoms with Crippen LogP contribution < -0.4 is 5.43 Å². The van der Waals surface area contributed by atoms with Crippen LogP contribution in [0.15, 0.2) is 5.10 Å². The molecule has 0 aliphatic rings. The van der Waals surface area contributed by atoms with Crippen LogP contribution in [0.25, 0.3) is 0 Å². The Morgan fingerprint density at radius 1 is 1.12 bits per heavy atom. The first kappa shape index (κ1) is 14.9. The summed E-state index contributed by atoms with van der Waals surface area (Å²) in [5.74, 6) is -0.966. The van der Waals surface area contributed by atoms with Gasteiger partial charge in [-0.3, -0.25) is 0 Å². The number of hydrazone groups is 1. The molecule has 2 N–H and O–H groups in total. The second-order valence-electron chi connectivity index (χ2n) is 4.03. The fraction of sp³-hybridized carbons (Fsp3) is 0.833. The van der Waals surface area contributed by atoms with E-state index in [1.54, 1.807) is 0 Å². The van der Waals surface area contributed by atoms with Gasteiger partial charge in [0.05, 0.1) is 0 Å². The highest BCUT2D eigenvalue weighted by Crippen LogP contribution is 2.06. The number of unbranched alkanes of at least 4 members (excludes halogenated alkanes) is 6. The molecule has 0 aromatic carbocycles. The zero-order valence-corrected chi connectivity index (χ0v) is 10.5. The molecular weight excluding hydrogens is 204 g/mol. The summed E-state index contributed by atoms with van der Waals surface area (Å²) in [5.41, 5.74) is 2.89. The Labute approximate surface area is 98.1 Å². The molecule has 4 heteroatoms. The van der Waals surface area contributed by atoms with Gasteiger partial charge < -0.3 is 10.5 Å². The summed E-state index contributed by atoms with van der Waals surface area (Å²) in [6.07, 6.45) is 8.78. The average Bonchev–Trinajstić information content (AvgIpc) is 2.26. The zero-order valence-electron chi connectivity index (χ0n) is 10.5.